The molecule has 0 unspecified atom stereocenters. The Hall–Kier alpha value is -2.17. The van der Waals surface area contributed by atoms with Crippen molar-refractivity contribution < 1.29 is 23.9 Å². The van der Waals surface area contributed by atoms with E-state index >= 15 is 0 Å². The van der Waals surface area contributed by atoms with E-state index in [0.29, 0.717) is 11.1 Å². The number of ether oxygens (including phenoxy) is 2. The van der Waals surface area contributed by atoms with Crippen LogP contribution in [0.1, 0.15) is 40.5 Å². The predicted molar refractivity (Wildman–Crippen MR) is 68.0 cm³/mol. The number of hydrogen-bond acceptors (Lipinski definition) is 5. The molecular weight excluding hydrogens is 248 g/mol. The molecule has 1 aromatic rings. The highest BCUT2D eigenvalue weighted by molar-refractivity contribution is 6.00. The minimum Gasteiger partial charge on any atom is -0.469 e. The van der Waals surface area contributed by atoms with E-state index in [1.54, 1.807) is 25.1 Å². The monoisotopic (exact) mass is 264 g/mol. The van der Waals surface area contributed by atoms with E-state index < -0.39 is 11.9 Å². The first kappa shape index (κ1) is 14.9. The summed E-state index contributed by atoms with van der Waals surface area (Å²) in [6.45, 7) is 1.99. The fourth-order valence-electron chi connectivity index (χ4n) is 1.50. The molecule has 0 heterocycles. The lowest BCUT2D eigenvalue weighted by Crippen LogP contribution is -2.08. The van der Waals surface area contributed by atoms with Crippen molar-refractivity contribution in [3.8, 4) is 0 Å². The summed E-state index contributed by atoms with van der Waals surface area (Å²) in [7, 11) is 1.27. The van der Waals surface area contributed by atoms with Crippen LogP contribution in [0.2, 0.25) is 0 Å². The van der Waals surface area contributed by atoms with Gasteiger partial charge in [-0.1, -0.05) is 12.1 Å². The molecule has 0 aliphatic carbocycles. The first-order valence-electron chi connectivity index (χ1n) is 5.95. The predicted octanol–water partition coefficient (Wildman–Crippen LogP) is 2.00. The van der Waals surface area contributed by atoms with Gasteiger partial charge in [-0.15, -0.1) is 0 Å². The molecule has 0 aromatic heterocycles. The van der Waals surface area contributed by atoms with Crippen LogP contribution < -0.4 is 0 Å². The second-order valence-electron chi connectivity index (χ2n) is 3.80. The van der Waals surface area contributed by atoms with E-state index in [1.807, 2.05) is 0 Å². The van der Waals surface area contributed by atoms with Gasteiger partial charge in [0.05, 0.1) is 25.7 Å². The molecule has 0 N–H and O–H groups in total. The molecule has 0 aliphatic rings. The molecule has 0 amide bonds. The summed E-state index contributed by atoms with van der Waals surface area (Å²) in [6, 6.07) is 6.26. The molecule has 1 rings (SSSR count). The molecule has 19 heavy (non-hydrogen) atoms. The van der Waals surface area contributed by atoms with E-state index in [-0.39, 0.29) is 25.2 Å². The highest BCUT2D eigenvalue weighted by atomic mass is 16.5. The molecule has 0 saturated carbocycles. The highest BCUT2D eigenvalue weighted by Crippen LogP contribution is 2.10. The van der Waals surface area contributed by atoms with Gasteiger partial charge >= 0.3 is 11.9 Å². The molecule has 0 atom stereocenters. The third kappa shape index (κ3) is 4.54. The van der Waals surface area contributed by atoms with Gasteiger partial charge in [0, 0.05) is 12.0 Å². The van der Waals surface area contributed by atoms with Crippen molar-refractivity contribution in [2.45, 2.75) is 19.8 Å². The molecule has 0 aliphatic heterocycles. The summed E-state index contributed by atoms with van der Waals surface area (Å²) in [5, 5.41) is 0. The number of ketones is 1. The lowest BCUT2D eigenvalue weighted by Gasteiger charge is -2.04. The second-order valence-corrected chi connectivity index (χ2v) is 3.80. The molecular formula is C14H16O5. The van der Waals surface area contributed by atoms with Gasteiger partial charge in [0.15, 0.2) is 5.78 Å². The van der Waals surface area contributed by atoms with Crippen LogP contribution in [-0.2, 0) is 14.3 Å². The van der Waals surface area contributed by atoms with Crippen molar-refractivity contribution in [1.82, 2.24) is 0 Å². The second kappa shape index (κ2) is 7.31. The molecule has 0 saturated heterocycles. The third-order valence-electron chi connectivity index (χ3n) is 2.48. The standard InChI is InChI=1S/C14H16O5/c1-3-19-14(17)11-6-4-5-10(9-11)12(15)7-8-13(16)18-2/h4-6,9H,3,7-8H2,1-2H3. The molecule has 1 aromatic carbocycles. The molecule has 0 bridgehead atoms. The fraction of sp³-hybridized carbons (Fsp3) is 0.357. The summed E-state index contributed by atoms with van der Waals surface area (Å²) >= 11 is 0. The third-order valence-corrected chi connectivity index (χ3v) is 2.48. The SMILES string of the molecule is CCOC(=O)c1cccc(C(=O)CCC(=O)OC)c1. The summed E-state index contributed by atoms with van der Waals surface area (Å²) in [4.78, 5) is 34.3. The van der Waals surface area contributed by atoms with Crippen molar-refractivity contribution in [2.24, 2.45) is 0 Å². The summed E-state index contributed by atoms with van der Waals surface area (Å²) in [5.41, 5.74) is 0.709. The molecule has 5 nitrogen and oxygen atoms in total. The maximum absolute atomic E-state index is 11.8. The van der Waals surface area contributed by atoms with Crippen molar-refractivity contribution in [1.29, 1.82) is 0 Å². The Bertz CT molecular complexity index is 478. The van der Waals surface area contributed by atoms with E-state index in [9.17, 15) is 14.4 Å². The summed E-state index contributed by atoms with van der Waals surface area (Å²) in [6.07, 6.45) is 0.0813. The van der Waals surface area contributed by atoms with Gasteiger partial charge in [0.1, 0.15) is 0 Å². The Morgan fingerprint density at radius 2 is 1.79 bits per heavy atom. The number of carbonyl (C=O) groups excluding carboxylic acids is 3. The molecule has 0 fully saturated rings. The maximum atomic E-state index is 11.8. The van der Waals surface area contributed by atoms with Gasteiger partial charge in [-0.05, 0) is 19.1 Å². The Kier molecular flexibility index (Phi) is 5.73. The number of methoxy groups -OCH3 is 1. The molecule has 5 heteroatoms. The van der Waals surface area contributed by atoms with Gasteiger partial charge in [-0.3, -0.25) is 9.59 Å². The highest BCUT2D eigenvalue weighted by Gasteiger charge is 2.12. The maximum Gasteiger partial charge on any atom is 0.338 e. The number of rotatable bonds is 6. The summed E-state index contributed by atoms with van der Waals surface area (Å²) in [5.74, 6) is -1.11. The van der Waals surface area contributed by atoms with Crippen LogP contribution in [0.5, 0.6) is 0 Å². The number of benzene rings is 1. The van der Waals surface area contributed by atoms with Gasteiger partial charge < -0.3 is 9.47 Å². The number of hydrogen-bond donors (Lipinski definition) is 0. The van der Waals surface area contributed by atoms with Crippen LogP contribution in [0.4, 0.5) is 0 Å². The van der Waals surface area contributed by atoms with Crippen LogP contribution in [0.15, 0.2) is 24.3 Å². The zero-order valence-electron chi connectivity index (χ0n) is 11.0. The van der Waals surface area contributed by atoms with E-state index in [2.05, 4.69) is 4.74 Å². The first-order valence-corrected chi connectivity index (χ1v) is 5.95. The average molecular weight is 264 g/mol. The average Bonchev–Trinajstić information content (AvgIpc) is 2.44. The lowest BCUT2D eigenvalue weighted by molar-refractivity contribution is -0.140. The van der Waals surface area contributed by atoms with E-state index in [0.717, 1.165) is 0 Å². The number of Topliss-reactive ketones (excluding diaryl/α,β-unsaturated/α-hetero) is 1. The largest absolute Gasteiger partial charge is 0.469 e. The van der Waals surface area contributed by atoms with Gasteiger partial charge in [0.25, 0.3) is 0 Å². The van der Waals surface area contributed by atoms with Gasteiger partial charge in [0.2, 0.25) is 0 Å². The fourth-order valence-corrected chi connectivity index (χ4v) is 1.50. The van der Waals surface area contributed by atoms with Crippen molar-refractivity contribution >= 4 is 17.7 Å². The van der Waals surface area contributed by atoms with Gasteiger partial charge in [-0.25, -0.2) is 4.79 Å². The Morgan fingerprint density at radius 1 is 1.11 bits per heavy atom. The lowest BCUT2D eigenvalue weighted by atomic mass is 10.0. The van der Waals surface area contributed by atoms with Crippen molar-refractivity contribution in [3.63, 3.8) is 0 Å². The Balaban J connectivity index is 2.73. The van der Waals surface area contributed by atoms with Crippen molar-refractivity contribution in [2.75, 3.05) is 13.7 Å². The molecule has 0 radical (unpaired) electrons. The number of esters is 2. The van der Waals surface area contributed by atoms with Crippen LogP contribution in [0, 0.1) is 0 Å². The molecule has 102 valence electrons. The smallest absolute Gasteiger partial charge is 0.338 e. The van der Waals surface area contributed by atoms with Crippen LogP contribution in [0.25, 0.3) is 0 Å². The van der Waals surface area contributed by atoms with Crippen molar-refractivity contribution in [3.05, 3.63) is 35.4 Å². The van der Waals surface area contributed by atoms with Crippen LogP contribution in [-0.4, -0.2) is 31.4 Å². The van der Waals surface area contributed by atoms with Gasteiger partial charge in [-0.2, -0.15) is 0 Å². The van der Waals surface area contributed by atoms with Crippen LogP contribution in [0.3, 0.4) is 0 Å². The quantitative estimate of drug-likeness (QED) is 0.580. The van der Waals surface area contributed by atoms with Crippen LogP contribution >= 0.6 is 0 Å². The first-order chi connectivity index (χ1) is 9.08. The Labute approximate surface area is 111 Å². The van der Waals surface area contributed by atoms with E-state index in [1.165, 1.54) is 13.2 Å². The molecule has 0 spiro atoms. The normalized spacial score (nSPS) is 9.79. The zero-order chi connectivity index (χ0) is 14.3. The Morgan fingerprint density at radius 3 is 2.42 bits per heavy atom. The van der Waals surface area contributed by atoms with E-state index in [4.69, 9.17) is 4.74 Å². The number of carbonyl (C=O) groups is 3. The zero-order valence-corrected chi connectivity index (χ0v) is 11.0. The minimum absolute atomic E-state index is 0.0268. The topological polar surface area (TPSA) is 69.7 Å². The minimum atomic E-state index is -0.467. The summed E-state index contributed by atoms with van der Waals surface area (Å²) < 4.78 is 9.32.